The molecule has 0 heterocycles. The molecular weight excluding hydrogens is 218 g/mol. The third-order valence-electron chi connectivity index (χ3n) is 0.990. The fourth-order valence-electron chi connectivity index (χ4n) is 0.410. The molecule has 78 valence electrons. The molecule has 7 heteroatoms. The Morgan fingerprint density at radius 3 is 2.62 bits per heavy atom. The summed E-state index contributed by atoms with van der Waals surface area (Å²) in [4.78, 5) is 10.7. The van der Waals surface area contributed by atoms with Crippen LogP contribution in [0.5, 0.6) is 0 Å². The Morgan fingerprint density at radius 1 is 1.69 bits per heavy atom. The standard InChI is InChI=1S/C6H12ClO5P/c1-3-4-11-13(7,10)12-6(9)5(2)8/h5,8H,3-4H2,1-2H3. The van der Waals surface area contributed by atoms with Gasteiger partial charge in [0.2, 0.25) is 0 Å². The topological polar surface area (TPSA) is 72.8 Å². The second kappa shape index (κ2) is 5.60. The molecule has 0 fully saturated rings. The molecular formula is C6H12ClO5P. The van der Waals surface area contributed by atoms with Gasteiger partial charge in [-0.3, -0.25) is 4.52 Å². The normalized spacial score (nSPS) is 17.5. The minimum absolute atomic E-state index is 0.133. The molecule has 2 atom stereocenters. The van der Waals surface area contributed by atoms with Crippen LogP contribution in [-0.4, -0.2) is 23.8 Å². The van der Waals surface area contributed by atoms with Crippen molar-refractivity contribution in [1.82, 2.24) is 0 Å². The van der Waals surface area contributed by atoms with E-state index in [1.54, 1.807) is 6.92 Å². The molecule has 0 aliphatic carbocycles. The van der Waals surface area contributed by atoms with Gasteiger partial charge in [0.05, 0.1) is 6.61 Å². The zero-order valence-electron chi connectivity index (χ0n) is 7.40. The van der Waals surface area contributed by atoms with Gasteiger partial charge >= 0.3 is 12.9 Å². The largest absolute Gasteiger partial charge is 0.478 e. The van der Waals surface area contributed by atoms with Crippen molar-refractivity contribution < 1.29 is 23.5 Å². The second-order valence-electron chi connectivity index (χ2n) is 2.35. The van der Waals surface area contributed by atoms with Gasteiger partial charge in [-0.15, -0.1) is 0 Å². The van der Waals surface area contributed by atoms with E-state index in [9.17, 15) is 9.36 Å². The van der Waals surface area contributed by atoms with Crippen molar-refractivity contribution in [1.29, 1.82) is 0 Å². The lowest BCUT2D eigenvalue weighted by atomic mass is 10.4. The Morgan fingerprint density at radius 2 is 2.23 bits per heavy atom. The number of aliphatic hydroxyl groups is 1. The van der Waals surface area contributed by atoms with Gasteiger partial charge in [0.1, 0.15) is 6.10 Å². The van der Waals surface area contributed by atoms with Crippen molar-refractivity contribution in [3.8, 4) is 0 Å². The fourth-order valence-corrected chi connectivity index (χ4v) is 1.64. The van der Waals surface area contributed by atoms with Gasteiger partial charge in [-0.2, -0.15) is 0 Å². The highest BCUT2D eigenvalue weighted by molar-refractivity contribution is 7.81. The predicted molar refractivity (Wildman–Crippen MR) is 47.5 cm³/mol. The summed E-state index contributed by atoms with van der Waals surface area (Å²) in [5.74, 6) is -1.06. The summed E-state index contributed by atoms with van der Waals surface area (Å²) in [5, 5.41) is 8.70. The van der Waals surface area contributed by atoms with Crippen LogP contribution in [0.2, 0.25) is 0 Å². The summed E-state index contributed by atoms with van der Waals surface area (Å²) < 4.78 is 19.9. The Kier molecular flexibility index (Phi) is 5.56. The van der Waals surface area contributed by atoms with Gasteiger partial charge < -0.3 is 9.63 Å². The molecule has 5 nitrogen and oxygen atoms in total. The Hall–Kier alpha value is -0.0900. The summed E-state index contributed by atoms with van der Waals surface area (Å²) in [6.45, 7) is -0.759. The number of hydrogen-bond donors (Lipinski definition) is 1. The number of carbonyl (C=O) groups is 1. The van der Waals surface area contributed by atoms with E-state index >= 15 is 0 Å². The number of carbonyl (C=O) groups excluding carboxylic acids is 1. The van der Waals surface area contributed by atoms with E-state index in [0.29, 0.717) is 6.42 Å². The average Bonchev–Trinajstić information content (AvgIpc) is 2.00. The molecule has 13 heavy (non-hydrogen) atoms. The Balaban J connectivity index is 4.02. The molecule has 2 unspecified atom stereocenters. The molecule has 0 rings (SSSR count). The first-order valence-corrected chi connectivity index (χ1v) is 6.19. The zero-order valence-corrected chi connectivity index (χ0v) is 9.05. The third kappa shape index (κ3) is 6.05. The van der Waals surface area contributed by atoms with Crippen molar-refractivity contribution in [2.24, 2.45) is 0 Å². The number of aliphatic hydroxyl groups excluding tert-OH is 1. The van der Waals surface area contributed by atoms with E-state index in [2.05, 4.69) is 9.05 Å². The summed E-state index contributed by atoms with van der Waals surface area (Å²) >= 11 is 5.23. The number of hydrogen-bond acceptors (Lipinski definition) is 5. The van der Waals surface area contributed by atoms with Crippen LogP contribution in [-0.2, 0) is 18.4 Å². The quantitative estimate of drug-likeness (QED) is 0.728. The number of rotatable bonds is 5. The molecule has 0 amide bonds. The maximum Gasteiger partial charge on any atom is 0.478 e. The molecule has 0 aromatic heterocycles. The molecule has 0 aliphatic heterocycles. The second-order valence-corrected chi connectivity index (χ2v) is 4.89. The van der Waals surface area contributed by atoms with Crippen LogP contribution in [0.4, 0.5) is 0 Å². The van der Waals surface area contributed by atoms with Crippen molar-refractivity contribution >= 4 is 24.2 Å². The van der Waals surface area contributed by atoms with Gasteiger partial charge in [0.25, 0.3) is 0 Å². The van der Waals surface area contributed by atoms with Crippen molar-refractivity contribution in [2.75, 3.05) is 6.61 Å². The van der Waals surface area contributed by atoms with Crippen molar-refractivity contribution in [2.45, 2.75) is 26.4 Å². The maximum atomic E-state index is 11.1. The minimum Gasteiger partial charge on any atom is -0.382 e. The van der Waals surface area contributed by atoms with E-state index < -0.39 is 19.0 Å². The maximum absolute atomic E-state index is 11.1. The smallest absolute Gasteiger partial charge is 0.382 e. The van der Waals surface area contributed by atoms with Crippen LogP contribution in [0.3, 0.4) is 0 Å². The summed E-state index contributed by atoms with van der Waals surface area (Å²) in [5.41, 5.74) is 0. The monoisotopic (exact) mass is 230 g/mol. The van der Waals surface area contributed by atoms with Crippen LogP contribution in [0.1, 0.15) is 20.3 Å². The lowest BCUT2D eigenvalue weighted by molar-refractivity contribution is -0.143. The SMILES string of the molecule is CCCOP(=O)(Cl)OC(=O)C(C)O. The average molecular weight is 231 g/mol. The van der Waals surface area contributed by atoms with Crippen LogP contribution in [0, 0.1) is 0 Å². The van der Waals surface area contributed by atoms with E-state index in [1.165, 1.54) is 6.92 Å². The molecule has 0 radical (unpaired) electrons. The minimum atomic E-state index is -3.86. The molecule has 0 bridgehead atoms. The van der Waals surface area contributed by atoms with Gasteiger partial charge in [0, 0.05) is 11.2 Å². The lowest BCUT2D eigenvalue weighted by Crippen LogP contribution is -2.17. The molecule has 0 aliphatic rings. The number of halogens is 1. The molecule has 0 aromatic carbocycles. The van der Waals surface area contributed by atoms with Gasteiger partial charge in [-0.05, 0) is 13.3 Å². The highest BCUT2D eigenvalue weighted by Crippen LogP contribution is 2.53. The van der Waals surface area contributed by atoms with Gasteiger partial charge in [-0.25, -0.2) is 9.36 Å². The van der Waals surface area contributed by atoms with Crippen LogP contribution >= 0.6 is 18.2 Å². The molecule has 0 saturated heterocycles. The van der Waals surface area contributed by atoms with E-state index in [0.717, 1.165) is 0 Å². The fraction of sp³-hybridized carbons (Fsp3) is 0.833. The Labute approximate surface area is 81.3 Å². The van der Waals surface area contributed by atoms with Crippen LogP contribution in [0.15, 0.2) is 0 Å². The molecule has 1 N–H and O–H groups in total. The van der Waals surface area contributed by atoms with Crippen LogP contribution < -0.4 is 0 Å². The lowest BCUT2D eigenvalue weighted by Gasteiger charge is -2.11. The first-order chi connectivity index (χ1) is 5.89. The highest BCUT2D eigenvalue weighted by atomic mass is 35.7. The third-order valence-corrected chi connectivity index (χ3v) is 2.38. The van der Waals surface area contributed by atoms with Crippen molar-refractivity contribution in [3.05, 3.63) is 0 Å². The first kappa shape index (κ1) is 12.9. The van der Waals surface area contributed by atoms with Crippen LogP contribution in [0.25, 0.3) is 0 Å². The highest BCUT2D eigenvalue weighted by Gasteiger charge is 2.27. The van der Waals surface area contributed by atoms with Gasteiger partial charge in [-0.1, -0.05) is 6.92 Å². The van der Waals surface area contributed by atoms with E-state index in [1.807, 2.05) is 0 Å². The Bertz CT molecular complexity index is 217. The summed E-state index contributed by atoms with van der Waals surface area (Å²) in [7, 11) is 0. The summed E-state index contributed by atoms with van der Waals surface area (Å²) in [6, 6.07) is 0. The van der Waals surface area contributed by atoms with E-state index in [-0.39, 0.29) is 6.61 Å². The molecule has 0 saturated carbocycles. The predicted octanol–water partition coefficient (Wildman–Crippen LogP) is 1.68. The van der Waals surface area contributed by atoms with Crippen molar-refractivity contribution in [3.63, 3.8) is 0 Å². The van der Waals surface area contributed by atoms with Gasteiger partial charge in [0.15, 0.2) is 0 Å². The van der Waals surface area contributed by atoms with E-state index in [4.69, 9.17) is 16.3 Å². The molecule has 0 spiro atoms. The summed E-state index contributed by atoms with van der Waals surface area (Å²) in [6.07, 6.45) is -0.763. The molecule has 0 aromatic rings. The zero-order chi connectivity index (χ0) is 10.5. The first-order valence-electron chi connectivity index (χ1n) is 3.75.